The average molecular weight is 274 g/mol. The number of hydrogen-bond acceptors (Lipinski definition) is 2. The molecule has 3 aromatic rings. The van der Waals surface area contributed by atoms with E-state index < -0.39 is 0 Å². The lowest BCUT2D eigenvalue weighted by molar-refractivity contribution is 1.31. The molecule has 20 heavy (non-hydrogen) atoms. The second-order valence-electron chi connectivity index (χ2n) is 4.69. The van der Waals surface area contributed by atoms with Crippen molar-refractivity contribution < 1.29 is 0 Å². The summed E-state index contributed by atoms with van der Waals surface area (Å²) in [6, 6.07) is 26.1. The Morgan fingerprint density at radius 3 is 2.50 bits per heavy atom. The van der Waals surface area contributed by atoms with Crippen LogP contribution in [0.2, 0.25) is 0 Å². The topological polar surface area (TPSA) is 12.0 Å². The molecule has 2 heteroatoms. The molecule has 0 bridgehead atoms. The molecule has 0 aromatic heterocycles. The molecule has 0 unspecified atom stereocenters. The Hall–Kier alpha value is -2.19. The van der Waals surface area contributed by atoms with Crippen molar-refractivity contribution in [1.82, 2.24) is 0 Å². The number of fused-ring (bicyclic) bond motifs is 2. The van der Waals surface area contributed by atoms with E-state index in [0.717, 1.165) is 0 Å². The van der Waals surface area contributed by atoms with E-state index in [4.69, 9.17) is 0 Å². The Labute approximate surface area is 122 Å². The molecule has 4 rings (SSSR count). The van der Waals surface area contributed by atoms with Crippen molar-refractivity contribution >= 4 is 23.1 Å². The molecule has 1 radical (unpaired) electrons. The first-order chi connectivity index (χ1) is 9.92. The van der Waals surface area contributed by atoms with Crippen LogP contribution in [0.3, 0.4) is 0 Å². The third kappa shape index (κ3) is 1.89. The standard InChI is InChI=1S/C18H12NS/c1-2-7-13(8-3-1)14-9-6-11-16-18(14)20-17-12-5-4-10-15(17)19-16/h2-12,19H. The van der Waals surface area contributed by atoms with Gasteiger partial charge in [0.15, 0.2) is 0 Å². The fraction of sp³-hybridized carbons (Fsp3) is 0. The van der Waals surface area contributed by atoms with Gasteiger partial charge in [-0.15, -0.1) is 0 Å². The second-order valence-corrected chi connectivity index (χ2v) is 5.75. The van der Waals surface area contributed by atoms with Crippen molar-refractivity contribution in [3.8, 4) is 11.1 Å². The SMILES string of the molecule is [c]1ccc(-c2cccc3c2Sc2ccccc2N3)cc1. The first kappa shape index (κ1) is 11.6. The fourth-order valence-electron chi connectivity index (χ4n) is 2.45. The average Bonchev–Trinajstić information content (AvgIpc) is 2.53. The summed E-state index contributed by atoms with van der Waals surface area (Å²) >= 11 is 1.83. The molecule has 0 saturated carbocycles. The van der Waals surface area contributed by atoms with Gasteiger partial charge in [0.2, 0.25) is 0 Å². The van der Waals surface area contributed by atoms with Gasteiger partial charge < -0.3 is 5.32 Å². The Bertz CT molecular complexity index is 765. The summed E-state index contributed by atoms with van der Waals surface area (Å²) in [6.07, 6.45) is 0. The van der Waals surface area contributed by atoms with Crippen molar-refractivity contribution in [3.63, 3.8) is 0 Å². The molecule has 3 aromatic carbocycles. The van der Waals surface area contributed by atoms with Crippen molar-refractivity contribution in [2.24, 2.45) is 0 Å². The van der Waals surface area contributed by atoms with Crippen molar-refractivity contribution in [2.45, 2.75) is 9.79 Å². The molecule has 0 spiro atoms. The molecule has 1 aliphatic rings. The van der Waals surface area contributed by atoms with E-state index in [1.54, 1.807) is 0 Å². The van der Waals surface area contributed by atoms with Crippen molar-refractivity contribution in [2.75, 3.05) is 5.32 Å². The van der Waals surface area contributed by atoms with Gasteiger partial charge in [-0.1, -0.05) is 60.3 Å². The van der Waals surface area contributed by atoms with Crippen LogP contribution in [0.25, 0.3) is 11.1 Å². The lowest BCUT2D eigenvalue weighted by Crippen LogP contribution is -2.00. The van der Waals surface area contributed by atoms with E-state index in [1.165, 1.54) is 32.3 Å². The highest BCUT2D eigenvalue weighted by Gasteiger charge is 2.18. The fourth-order valence-corrected chi connectivity index (χ4v) is 3.57. The zero-order valence-corrected chi connectivity index (χ0v) is 11.6. The van der Waals surface area contributed by atoms with E-state index in [-0.39, 0.29) is 0 Å². The number of para-hydroxylation sites is 1. The summed E-state index contributed by atoms with van der Waals surface area (Å²) in [4.78, 5) is 2.56. The molecular formula is C18H12NS. The lowest BCUT2D eigenvalue weighted by Gasteiger charge is -2.23. The smallest absolute Gasteiger partial charge is 0.0532 e. The van der Waals surface area contributed by atoms with Crippen LogP contribution in [0.15, 0.2) is 76.5 Å². The van der Waals surface area contributed by atoms with Gasteiger partial charge in [-0.05, 0) is 35.4 Å². The molecule has 0 fully saturated rings. The van der Waals surface area contributed by atoms with Crippen LogP contribution in [-0.2, 0) is 0 Å². The van der Waals surface area contributed by atoms with Gasteiger partial charge in [-0.2, -0.15) is 0 Å². The minimum atomic E-state index is 1.18. The minimum absolute atomic E-state index is 1.18. The van der Waals surface area contributed by atoms with Gasteiger partial charge in [-0.3, -0.25) is 0 Å². The molecule has 1 nitrogen and oxygen atoms in total. The predicted octanol–water partition coefficient (Wildman–Crippen LogP) is 5.36. The van der Waals surface area contributed by atoms with E-state index in [0.29, 0.717) is 0 Å². The van der Waals surface area contributed by atoms with Crippen molar-refractivity contribution in [3.05, 3.63) is 72.8 Å². The third-order valence-corrected chi connectivity index (χ3v) is 4.63. The first-order valence-electron chi connectivity index (χ1n) is 6.55. The van der Waals surface area contributed by atoms with Crippen LogP contribution in [0.1, 0.15) is 0 Å². The monoisotopic (exact) mass is 274 g/mol. The highest BCUT2D eigenvalue weighted by Crippen LogP contribution is 2.48. The first-order valence-corrected chi connectivity index (χ1v) is 7.37. The zero-order chi connectivity index (χ0) is 13.4. The number of anilines is 2. The molecule has 0 aliphatic carbocycles. The van der Waals surface area contributed by atoms with Crippen molar-refractivity contribution in [1.29, 1.82) is 0 Å². The Morgan fingerprint density at radius 1 is 0.800 bits per heavy atom. The normalized spacial score (nSPS) is 12.2. The van der Waals surface area contributed by atoms with Crippen LogP contribution in [-0.4, -0.2) is 0 Å². The zero-order valence-electron chi connectivity index (χ0n) is 10.8. The Morgan fingerprint density at radius 2 is 1.60 bits per heavy atom. The van der Waals surface area contributed by atoms with E-state index in [2.05, 4.69) is 66.0 Å². The van der Waals surface area contributed by atoms with Crippen LogP contribution >= 0.6 is 11.8 Å². The number of rotatable bonds is 1. The molecule has 1 N–H and O–H groups in total. The maximum absolute atomic E-state index is 3.52. The summed E-state index contributed by atoms with van der Waals surface area (Å²) < 4.78 is 0. The number of benzene rings is 3. The number of nitrogens with one attached hydrogen (secondary N) is 1. The van der Waals surface area contributed by atoms with E-state index in [1.807, 2.05) is 23.9 Å². The molecule has 1 aliphatic heterocycles. The second kappa shape index (κ2) is 4.73. The van der Waals surface area contributed by atoms with Gasteiger partial charge in [0.25, 0.3) is 0 Å². The van der Waals surface area contributed by atoms with Crippen LogP contribution in [0.5, 0.6) is 0 Å². The Balaban J connectivity index is 1.87. The van der Waals surface area contributed by atoms with Crippen LogP contribution < -0.4 is 5.32 Å². The molecule has 95 valence electrons. The maximum Gasteiger partial charge on any atom is 0.0532 e. The van der Waals surface area contributed by atoms with E-state index >= 15 is 0 Å². The minimum Gasteiger partial charge on any atom is -0.354 e. The highest BCUT2D eigenvalue weighted by atomic mass is 32.2. The summed E-state index contributed by atoms with van der Waals surface area (Å²) in [5.41, 5.74) is 4.86. The largest absolute Gasteiger partial charge is 0.354 e. The predicted molar refractivity (Wildman–Crippen MR) is 84.6 cm³/mol. The molecular weight excluding hydrogens is 262 g/mol. The number of hydrogen-bond donors (Lipinski definition) is 1. The molecule has 1 heterocycles. The third-order valence-electron chi connectivity index (χ3n) is 3.41. The molecule has 0 amide bonds. The highest BCUT2D eigenvalue weighted by molar-refractivity contribution is 8.00. The summed E-state index contributed by atoms with van der Waals surface area (Å²) in [6.45, 7) is 0. The Kier molecular flexibility index (Phi) is 2.75. The maximum atomic E-state index is 3.52. The van der Waals surface area contributed by atoms with Gasteiger partial charge in [-0.25, -0.2) is 0 Å². The van der Waals surface area contributed by atoms with Gasteiger partial charge in [0.05, 0.1) is 11.4 Å². The van der Waals surface area contributed by atoms with Gasteiger partial charge in [0.1, 0.15) is 0 Å². The summed E-state index contributed by atoms with van der Waals surface area (Å²) in [5, 5.41) is 3.52. The van der Waals surface area contributed by atoms with Crippen LogP contribution in [0, 0.1) is 6.07 Å². The van der Waals surface area contributed by atoms with Crippen LogP contribution in [0.4, 0.5) is 11.4 Å². The van der Waals surface area contributed by atoms with Gasteiger partial charge in [0, 0.05) is 9.79 Å². The summed E-state index contributed by atoms with van der Waals surface area (Å²) in [7, 11) is 0. The lowest BCUT2D eigenvalue weighted by atomic mass is 10.0. The molecule has 0 atom stereocenters. The van der Waals surface area contributed by atoms with Gasteiger partial charge >= 0.3 is 0 Å². The quantitative estimate of drug-likeness (QED) is 0.501. The molecule has 0 saturated heterocycles. The summed E-state index contributed by atoms with van der Waals surface area (Å²) in [5.74, 6) is 0. The van der Waals surface area contributed by atoms with E-state index in [9.17, 15) is 0 Å².